The third-order valence-electron chi connectivity index (χ3n) is 2.61. The van der Waals surface area contributed by atoms with E-state index < -0.39 is 20.8 Å². The van der Waals surface area contributed by atoms with Gasteiger partial charge in [0.2, 0.25) is 10.0 Å². The predicted molar refractivity (Wildman–Crippen MR) is 79.4 cm³/mol. The first-order valence-corrected chi connectivity index (χ1v) is 8.92. The highest BCUT2D eigenvalue weighted by molar-refractivity contribution is 7.89. The van der Waals surface area contributed by atoms with Crippen LogP contribution < -0.4 is 5.32 Å². The Bertz CT molecular complexity index is 524. The summed E-state index contributed by atoms with van der Waals surface area (Å²) in [5.41, 5.74) is 0.825. The molecular weight excluding hydrogens is 284 g/mol. The number of sulfonamides is 1. The summed E-state index contributed by atoms with van der Waals surface area (Å²) >= 11 is 0. The lowest BCUT2D eigenvalue weighted by atomic mass is 10.3. The van der Waals surface area contributed by atoms with Gasteiger partial charge in [0.05, 0.1) is 4.90 Å². The molecule has 0 aliphatic carbocycles. The number of nitrogens with one attached hydrogen (secondary N) is 1. The molecule has 1 N–H and O–H groups in total. The zero-order valence-corrected chi connectivity index (χ0v) is 13.1. The summed E-state index contributed by atoms with van der Waals surface area (Å²) in [5, 5.41) is 3.12. The van der Waals surface area contributed by atoms with Crippen molar-refractivity contribution in [1.29, 1.82) is 0 Å². The first-order chi connectivity index (χ1) is 8.87. The summed E-state index contributed by atoms with van der Waals surface area (Å²) < 4.78 is 36.1. The minimum atomic E-state index is -3.37. The molecular formula is C12H20N2O3S2. The van der Waals surface area contributed by atoms with Crippen LogP contribution in [0.25, 0.3) is 0 Å². The smallest absolute Gasteiger partial charge is 0.242 e. The molecule has 1 aromatic carbocycles. The van der Waals surface area contributed by atoms with Crippen LogP contribution in [-0.4, -0.2) is 49.1 Å². The summed E-state index contributed by atoms with van der Waals surface area (Å²) in [6.45, 7) is 2.50. The Labute approximate surface area is 117 Å². The number of rotatable bonds is 7. The second-order valence-corrected chi connectivity index (χ2v) is 8.19. The van der Waals surface area contributed by atoms with E-state index in [4.69, 9.17) is 0 Å². The molecule has 0 spiro atoms. The molecule has 0 aromatic heterocycles. The molecule has 1 rings (SSSR count). The third kappa shape index (κ3) is 4.59. The molecule has 19 heavy (non-hydrogen) atoms. The van der Waals surface area contributed by atoms with Crippen molar-refractivity contribution in [2.75, 3.05) is 37.5 Å². The van der Waals surface area contributed by atoms with Gasteiger partial charge >= 0.3 is 0 Å². The van der Waals surface area contributed by atoms with Crippen molar-refractivity contribution < 1.29 is 12.6 Å². The molecule has 0 bridgehead atoms. The molecule has 1 unspecified atom stereocenters. The second kappa shape index (κ2) is 7.02. The van der Waals surface area contributed by atoms with Crippen LogP contribution in [0.5, 0.6) is 0 Å². The van der Waals surface area contributed by atoms with Gasteiger partial charge in [0.1, 0.15) is 0 Å². The highest BCUT2D eigenvalue weighted by atomic mass is 32.2. The normalized spacial score (nSPS) is 13.5. The Morgan fingerprint density at radius 1 is 1.21 bits per heavy atom. The Hall–Kier alpha value is -0.920. The van der Waals surface area contributed by atoms with Crippen LogP contribution in [0.4, 0.5) is 5.69 Å². The van der Waals surface area contributed by atoms with Crippen LogP contribution in [0.2, 0.25) is 0 Å². The van der Waals surface area contributed by atoms with Gasteiger partial charge in [-0.3, -0.25) is 4.21 Å². The van der Waals surface area contributed by atoms with Crippen molar-refractivity contribution in [2.45, 2.75) is 11.8 Å². The van der Waals surface area contributed by atoms with Crippen LogP contribution in [-0.2, 0) is 20.8 Å². The number of hydrogen-bond acceptors (Lipinski definition) is 4. The zero-order valence-electron chi connectivity index (χ0n) is 11.4. The van der Waals surface area contributed by atoms with E-state index in [2.05, 4.69) is 5.32 Å². The van der Waals surface area contributed by atoms with E-state index in [1.807, 2.05) is 6.92 Å². The van der Waals surface area contributed by atoms with E-state index >= 15 is 0 Å². The van der Waals surface area contributed by atoms with E-state index in [1.54, 1.807) is 24.3 Å². The fourth-order valence-corrected chi connectivity index (χ4v) is 2.93. The van der Waals surface area contributed by atoms with Crippen LogP contribution in [0.15, 0.2) is 29.2 Å². The molecule has 0 amide bonds. The Morgan fingerprint density at radius 2 is 1.79 bits per heavy atom. The Kier molecular flexibility index (Phi) is 5.96. The highest BCUT2D eigenvalue weighted by Gasteiger charge is 2.16. The SMILES string of the molecule is CCS(=O)CCNc1ccc(S(=O)(=O)N(C)C)cc1. The summed E-state index contributed by atoms with van der Waals surface area (Å²) in [5.74, 6) is 1.25. The number of nitrogens with zero attached hydrogens (tertiary/aromatic N) is 1. The van der Waals surface area contributed by atoms with E-state index in [0.717, 1.165) is 5.69 Å². The molecule has 5 nitrogen and oxygen atoms in total. The molecule has 0 aliphatic rings. The molecule has 0 fully saturated rings. The average Bonchev–Trinajstić information content (AvgIpc) is 2.39. The second-order valence-electron chi connectivity index (χ2n) is 4.17. The molecule has 1 atom stereocenters. The van der Waals surface area contributed by atoms with E-state index in [1.165, 1.54) is 18.4 Å². The zero-order chi connectivity index (χ0) is 14.5. The maximum absolute atomic E-state index is 11.9. The van der Waals surface area contributed by atoms with Crippen molar-refractivity contribution in [2.24, 2.45) is 0 Å². The van der Waals surface area contributed by atoms with Crippen molar-refractivity contribution in [3.63, 3.8) is 0 Å². The van der Waals surface area contributed by atoms with E-state index in [0.29, 0.717) is 18.1 Å². The number of anilines is 1. The van der Waals surface area contributed by atoms with Crippen LogP contribution >= 0.6 is 0 Å². The van der Waals surface area contributed by atoms with Crippen LogP contribution in [0.3, 0.4) is 0 Å². The molecule has 0 saturated heterocycles. The molecule has 0 saturated carbocycles. The molecule has 0 aliphatic heterocycles. The summed E-state index contributed by atoms with van der Waals surface area (Å²) in [4.78, 5) is 0.264. The quantitative estimate of drug-likeness (QED) is 0.820. The molecule has 108 valence electrons. The number of hydrogen-bond donors (Lipinski definition) is 1. The van der Waals surface area contributed by atoms with Crippen LogP contribution in [0, 0.1) is 0 Å². The predicted octanol–water partition coefficient (Wildman–Crippen LogP) is 1.12. The average molecular weight is 304 g/mol. The molecule has 0 radical (unpaired) electrons. The lowest BCUT2D eigenvalue weighted by molar-refractivity contribution is 0.521. The lowest BCUT2D eigenvalue weighted by Gasteiger charge is -2.12. The number of benzene rings is 1. The summed E-state index contributed by atoms with van der Waals surface area (Å²) in [6.07, 6.45) is 0. The van der Waals surface area contributed by atoms with Gasteiger partial charge in [-0.1, -0.05) is 6.92 Å². The van der Waals surface area contributed by atoms with Gasteiger partial charge < -0.3 is 5.32 Å². The van der Waals surface area contributed by atoms with Gasteiger partial charge in [-0.15, -0.1) is 0 Å². The highest BCUT2D eigenvalue weighted by Crippen LogP contribution is 2.16. The van der Waals surface area contributed by atoms with Crippen molar-refractivity contribution >= 4 is 26.5 Å². The van der Waals surface area contributed by atoms with Crippen molar-refractivity contribution in [1.82, 2.24) is 4.31 Å². The van der Waals surface area contributed by atoms with Gasteiger partial charge in [-0.05, 0) is 24.3 Å². The Balaban J connectivity index is 2.65. The summed E-state index contributed by atoms with van der Waals surface area (Å²) in [6, 6.07) is 6.55. The maximum atomic E-state index is 11.9. The van der Waals surface area contributed by atoms with Crippen molar-refractivity contribution in [3.8, 4) is 0 Å². The largest absolute Gasteiger partial charge is 0.384 e. The van der Waals surface area contributed by atoms with E-state index in [9.17, 15) is 12.6 Å². The molecule has 0 heterocycles. The van der Waals surface area contributed by atoms with Gasteiger partial charge in [0, 0.05) is 48.6 Å². The van der Waals surface area contributed by atoms with Gasteiger partial charge in [0.25, 0.3) is 0 Å². The summed E-state index contributed by atoms with van der Waals surface area (Å²) in [7, 11) is -1.16. The standard InChI is InChI=1S/C12H20N2O3S2/c1-4-18(15)10-9-13-11-5-7-12(8-6-11)19(16,17)14(2)3/h5-8,13H,4,9-10H2,1-3H3. The fraction of sp³-hybridized carbons (Fsp3) is 0.500. The molecule has 1 aromatic rings. The van der Waals surface area contributed by atoms with Gasteiger partial charge in [-0.25, -0.2) is 12.7 Å². The van der Waals surface area contributed by atoms with Crippen LogP contribution in [0.1, 0.15) is 6.92 Å². The Morgan fingerprint density at radius 3 is 2.26 bits per heavy atom. The topological polar surface area (TPSA) is 66.5 Å². The fourth-order valence-electron chi connectivity index (χ4n) is 1.41. The van der Waals surface area contributed by atoms with Gasteiger partial charge in [-0.2, -0.15) is 0 Å². The first kappa shape index (κ1) is 16.1. The molecule has 7 heteroatoms. The lowest BCUT2D eigenvalue weighted by Crippen LogP contribution is -2.22. The minimum Gasteiger partial charge on any atom is -0.384 e. The van der Waals surface area contributed by atoms with Crippen molar-refractivity contribution in [3.05, 3.63) is 24.3 Å². The third-order valence-corrected chi connectivity index (χ3v) is 5.75. The monoisotopic (exact) mass is 304 g/mol. The van der Waals surface area contributed by atoms with Gasteiger partial charge in [0.15, 0.2) is 0 Å². The minimum absolute atomic E-state index is 0.264. The first-order valence-electron chi connectivity index (χ1n) is 5.99. The maximum Gasteiger partial charge on any atom is 0.242 e. The van der Waals surface area contributed by atoms with E-state index in [-0.39, 0.29) is 4.90 Å².